The molecule has 0 nitrogen and oxygen atoms in total. The van der Waals surface area contributed by atoms with E-state index in [4.69, 9.17) is 6.42 Å². The molecule has 0 saturated carbocycles. The average molecular weight is 148 g/mol. The predicted octanol–water partition coefficient (Wildman–Crippen LogP) is 3.07. The Bertz CT molecular complexity index is 220. The summed E-state index contributed by atoms with van der Waals surface area (Å²) < 4.78 is 0. The van der Waals surface area contributed by atoms with Crippen LogP contribution in [0.15, 0.2) is 11.1 Å². The molecule has 0 aromatic carbocycles. The van der Waals surface area contributed by atoms with Crippen molar-refractivity contribution in [3.05, 3.63) is 17.1 Å². The van der Waals surface area contributed by atoms with Gasteiger partial charge in [-0.2, -0.15) is 0 Å². The number of terminal acetylenes is 1. The molecule has 0 amide bonds. The Balaban J connectivity index is 0.00000121. The van der Waals surface area contributed by atoms with Crippen LogP contribution in [0.4, 0.5) is 0 Å². The van der Waals surface area contributed by atoms with E-state index in [-0.39, 0.29) is 1.43 Å². The van der Waals surface area contributed by atoms with Gasteiger partial charge in [-0.25, -0.2) is 0 Å². The van der Waals surface area contributed by atoms with Crippen LogP contribution in [-0.2, 0) is 0 Å². The number of hydrogen-bond acceptors (Lipinski definition) is 0. The van der Waals surface area contributed by atoms with Crippen molar-refractivity contribution in [1.29, 1.82) is 0 Å². The van der Waals surface area contributed by atoms with Crippen molar-refractivity contribution < 1.29 is 1.43 Å². The minimum Gasteiger partial charge on any atom is -0.115 e. The van der Waals surface area contributed by atoms with Gasteiger partial charge in [-0.3, -0.25) is 0 Å². The summed E-state index contributed by atoms with van der Waals surface area (Å²) in [7, 11) is 0. The van der Waals surface area contributed by atoms with E-state index >= 15 is 0 Å². The Morgan fingerprint density at radius 1 is 1.45 bits per heavy atom. The van der Waals surface area contributed by atoms with E-state index in [0.29, 0.717) is 0 Å². The monoisotopic (exact) mass is 148 g/mol. The van der Waals surface area contributed by atoms with E-state index in [1.54, 1.807) is 0 Å². The molecule has 1 rings (SSSR count). The number of allylic oxidation sites excluding steroid dienone is 2. The van der Waals surface area contributed by atoms with Gasteiger partial charge < -0.3 is 0 Å². The second-order valence-corrected chi connectivity index (χ2v) is 3.59. The van der Waals surface area contributed by atoms with Gasteiger partial charge in [0.2, 0.25) is 0 Å². The van der Waals surface area contributed by atoms with Crippen molar-refractivity contribution in [1.82, 2.24) is 0 Å². The van der Waals surface area contributed by atoms with Gasteiger partial charge in [0.1, 0.15) is 0 Å². The fraction of sp³-hybridized carbons (Fsp3) is 0.545. The van der Waals surface area contributed by atoms with Crippen LogP contribution in [0.25, 0.3) is 0 Å². The molecule has 0 aromatic heterocycles. The molecule has 0 fully saturated rings. The van der Waals surface area contributed by atoms with Gasteiger partial charge in [-0.1, -0.05) is 25.3 Å². The molecule has 0 saturated heterocycles. The first kappa shape index (κ1) is 8.40. The van der Waals surface area contributed by atoms with Gasteiger partial charge in [-0.05, 0) is 25.7 Å². The highest BCUT2D eigenvalue weighted by Gasteiger charge is 2.20. The molecule has 0 bridgehead atoms. The lowest BCUT2D eigenvalue weighted by molar-refractivity contribution is 0.522. The quantitative estimate of drug-likeness (QED) is 0.463. The van der Waals surface area contributed by atoms with Crippen molar-refractivity contribution in [2.45, 2.75) is 33.6 Å². The van der Waals surface area contributed by atoms with E-state index < -0.39 is 0 Å². The van der Waals surface area contributed by atoms with Crippen LogP contribution in [-0.4, -0.2) is 0 Å². The van der Waals surface area contributed by atoms with Crippen molar-refractivity contribution in [2.24, 2.45) is 5.92 Å². The zero-order valence-corrected chi connectivity index (χ0v) is 7.57. The summed E-state index contributed by atoms with van der Waals surface area (Å²) in [5.74, 6) is 4.94. The van der Waals surface area contributed by atoms with Crippen molar-refractivity contribution in [3.63, 3.8) is 0 Å². The summed E-state index contributed by atoms with van der Waals surface area (Å²) in [4.78, 5) is 0. The first-order valence-corrected chi connectivity index (χ1v) is 4.14. The van der Waals surface area contributed by atoms with Gasteiger partial charge in [0.15, 0.2) is 0 Å². The molecule has 0 heteroatoms. The minimum atomic E-state index is 0. The van der Waals surface area contributed by atoms with Crippen LogP contribution >= 0.6 is 0 Å². The molecule has 60 valence electrons. The Morgan fingerprint density at radius 3 is 2.55 bits per heavy atom. The van der Waals surface area contributed by atoms with Crippen molar-refractivity contribution >= 4 is 0 Å². The van der Waals surface area contributed by atoms with Crippen LogP contribution in [0.3, 0.4) is 0 Å². The molecule has 2 radical (unpaired) electrons. The molecule has 1 aliphatic rings. The lowest BCUT2D eigenvalue weighted by Crippen LogP contribution is -2.11. The highest BCUT2D eigenvalue weighted by molar-refractivity contribution is 5.44. The summed E-state index contributed by atoms with van der Waals surface area (Å²) in [6.07, 6.45) is 7.76. The summed E-state index contributed by atoms with van der Waals surface area (Å²) in [6.45, 7) is 6.57. The topological polar surface area (TPSA) is 0 Å². The largest absolute Gasteiger partial charge is 0.115 e. The van der Waals surface area contributed by atoms with Crippen LogP contribution in [0.5, 0.6) is 0 Å². The maximum absolute atomic E-state index is 5.40. The van der Waals surface area contributed by atoms with E-state index in [0.717, 1.165) is 5.92 Å². The molecule has 1 aliphatic carbocycles. The second kappa shape index (κ2) is 3.13. The first-order chi connectivity index (χ1) is 5.15. The maximum Gasteiger partial charge on any atom is 0.0107 e. The molecule has 0 spiro atoms. The molecule has 0 aromatic rings. The summed E-state index contributed by atoms with van der Waals surface area (Å²) >= 11 is 0. The Labute approximate surface area is 71.2 Å². The average Bonchev–Trinajstić information content (AvgIpc) is 1.85. The predicted molar refractivity (Wildman–Crippen MR) is 50.0 cm³/mol. The van der Waals surface area contributed by atoms with Gasteiger partial charge in [0.05, 0.1) is 0 Å². The van der Waals surface area contributed by atoms with Crippen molar-refractivity contribution in [2.75, 3.05) is 0 Å². The smallest absolute Gasteiger partial charge is 0.0107 e. The van der Waals surface area contributed by atoms with Crippen LogP contribution in [0.2, 0.25) is 0 Å². The van der Waals surface area contributed by atoms with Crippen LogP contribution in [0, 0.1) is 24.2 Å². The fourth-order valence-corrected chi connectivity index (χ4v) is 1.93. The summed E-state index contributed by atoms with van der Waals surface area (Å²) in [5, 5.41) is 0. The van der Waals surface area contributed by atoms with Crippen LogP contribution in [0.1, 0.15) is 35.0 Å². The summed E-state index contributed by atoms with van der Waals surface area (Å²) in [6, 6.07) is 0. The SMILES string of the molecule is C#CC1=C(C)CC(C)C[C]1C.[H]. The highest BCUT2D eigenvalue weighted by atomic mass is 14.2. The minimum absolute atomic E-state index is 0. The van der Waals surface area contributed by atoms with Gasteiger partial charge in [-0.15, -0.1) is 6.42 Å². The Hall–Kier alpha value is -0.700. The van der Waals surface area contributed by atoms with Gasteiger partial charge >= 0.3 is 0 Å². The molecule has 0 N–H and O–H groups in total. The third kappa shape index (κ3) is 1.66. The third-order valence-corrected chi connectivity index (χ3v) is 2.31. The molecule has 1 atom stereocenters. The molecule has 11 heavy (non-hydrogen) atoms. The van der Waals surface area contributed by atoms with Crippen molar-refractivity contribution in [3.8, 4) is 12.3 Å². The second-order valence-electron chi connectivity index (χ2n) is 3.59. The van der Waals surface area contributed by atoms with E-state index in [9.17, 15) is 0 Å². The van der Waals surface area contributed by atoms with E-state index in [1.165, 1.54) is 29.9 Å². The zero-order valence-electron chi connectivity index (χ0n) is 8.57. The number of rotatable bonds is 0. The molecule has 1 unspecified atom stereocenters. The third-order valence-electron chi connectivity index (χ3n) is 2.31. The Morgan fingerprint density at radius 2 is 2.09 bits per heavy atom. The molecule has 0 heterocycles. The lowest BCUT2D eigenvalue weighted by atomic mass is 9.79. The van der Waals surface area contributed by atoms with Gasteiger partial charge in [0.25, 0.3) is 0 Å². The standard InChI is InChI=1S/C11H15.H/c1-5-11-9(3)6-8(2)7-10(11)4;/h1,8H,6-7H2,2-4H3;. The van der Waals surface area contributed by atoms with Crippen LogP contribution < -0.4 is 0 Å². The lowest BCUT2D eigenvalue weighted by Gasteiger charge is -2.25. The fourth-order valence-electron chi connectivity index (χ4n) is 1.93. The Kier molecular flexibility index (Phi) is 2.39. The molecular weight excluding hydrogens is 132 g/mol. The van der Waals surface area contributed by atoms with Gasteiger partial charge in [0, 0.05) is 12.9 Å². The summed E-state index contributed by atoms with van der Waals surface area (Å²) in [5.41, 5.74) is 2.56. The molecule has 0 aliphatic heterocycles. The maximum atomic E-state index is 5.40. The number of hydrogen-bond donors (Lipinski definition) is 0. The highest BCUT2D eigenvalue weighted by Crippen LogP contribution is 2.34. The molecular formula is C11H16. The van der Waals surface area contributed by atoms with E-state index in [2.05, 4.69) is 26.7 Å². The zero-order chi connectivity index (χ0) is 8.43. The van der Waals surface area contributed by atoms with E-state index in [1.807, 2.05) is 0 Å². The first-order valence-electron chi connectivity index (χ1n) is 4.14. The normalized spacial score (nSPS) is 26.9.